The van der Waals surface area contributed by atoms with E-state index in [0.29, 0.717) is 5.56 Å². The van der Waals surface area contributed by atoms with Gasteiger partial charge in [-0.05, 0) is 48.2 Å². The summed E-state index contributed by atoms with van der Waals surface area (Å²) in [7, 11) is 0. The van der Waals surface area contributed by atoms with E-state index in [-0.39, 0.29) is 12.8 Å². The molecule has 7 heteroatoms. The van der Waals surface area contributed by atoms with Crippen molar-refractivity contribution in [3.8, 4) is 0 Å². The fourth-order valence-electron chi connectivity index (χ4n) is 2.97. The highest BCUT2D eigenvalue weighted by atomic mass is 19.1. The van der Waals surface area contributed by atoms with Gasteiger partial charge in [-0.2, -0.15) is 0 Å². The second-order valence-corrected chi connectivity index (χ2v) is 7.17. The van der Waals surface area contributed by atoms with Crippen molar-refractivity contribution in [2.24, 2.45) is 5.73 Å². The van der Waals surface area contributed by atoms with Crippen LogP contribution < -0.4 is 16.4 Å². The van der Waals surface area contributed by atoms with E-state index in [1.165, 1.54) is 31.2 Å². The van der Waals surface area contributed by atoms with Gasteiger partial charge in [0.05, 0.1) is 0 Å². The Morgan fingerprint density at radius 2 is 1.48 bits per heavy atom. The molecule has 0 heterocycles. The lowest BCUT2D eigenvalue weighted by Gasteiger charge is -2.22. The number of halogens is 1. The fourth-order valence-corrected chi connectivity index (χ4v) is 2.97. The largest absolute Gasteiger partial charge is 0.368 e. The Hall–Kier alpha value is -3.22. The van der Waals surface area contributed by atoms with Crippen molar-refractivity contribution >= 4 is 17.7 Å². The first kappa shape index (κ1) is 22.1. The summed E-state index contributed by atoms with van der Waals surface area (Å²) < 4.78 is 13.1. The highest BCUT2D eigenvalue weighted by Gasteiger charge is 2.25. The molecule has 0 fully saturated rings. The Labute approximate surface area is 169 Å². The zero-order chi connectivity index (χ0) is 21.6. The van der Waals surface area contributed by atoms with E-state index >= 15 is 0 Å². The average molecular weight is 399 g/mol. The molecule has 0 unspecified atom stereocenters. The molecule has 2 atom stereocenters. The van der Waals surface area contributed by atoms with Gasteiger partial charge in [-0.15, -0.1) is 0 Å². The maximum absolute atomic E-state index is 13.1. The molecular formula is C22H26FN3O3. The molecule has 2 aromatic carbocycles. The SMILES string of the molecule is CC(=O)N[C@@H](Cc1ccc(F)cc1)C(=O)N[C@@H](Cc1ccc(C)c(C)c1)C(N)=O. The molecule has 0 bridgehead atoms. The zero-order valence-corrected chi connectivity index (χ0v) is 16.8. The van der Waals surface area contributed by atoms with Gasteiger partial charge in [0.15, 0.2) is 0 Å². The Kier molecular flexibility index (Phi) is 7.47. The van der Waals surface area contributed by atoms with Crippen LogP contribution in [-0.4, -0.2) is 29.8 Å². The van der Waals surface area contributed by atoms with Gasteiger partial charge in [-0.1, -0.05) is 30.3 Å². The Balaban J connectivity index is 2.14. The first-order chi connectivity index (χ1) is 13.7. The highest BCUT2D eigenvalue weighted by molar-refractivity contribution is 5.91. The van der Waals surface area contributed by atoms with Crippen LogP contribution in [0.2, 0.25) is 0 Å². The van der Waals surface area contributed by atoms with E-state index < -0.39 is 35.6 Å². The maximum atomic E-state index is 13.1. The smallest absolute Gasteiger partial charge is 0.243 e. The molecule has 2 aromatic rings. The molecule has 0 aliphatic carbocycles. The summed E-state index contributed by atoms with van der Waals surface area (Å²) in [4.78, 5) is 36.2. The summed E-state index contributed by atoms with van der Waals surface area (Å²) in [5.41, 5.74) is 9.22. The van der Waals surface area contributed by atoms with Crippen LogP contribution in [0.3, 0.4) is 0 Å². The monoisotopic (exact) mass is 399 g/mol. The van der Waals surface area contributed by atoms with E-state index in [4.69, 9.17) is 5.73 Å². The van der Waals surface area contributed by atoms with Crippen LogP contribution in [0.4, 0.5) is 4.39 Å². The van der Waals surface area contributed by atoms with Gasteiger partial charge in [0.25, 0.3) is 0 Å². The predicted molar refractivity (Wildman–Crippen MR) is 108 cm³/mol. The van der Waals surface area contributed by atoms with Gasteiger partial charge in [-0.25, -0.2) is 4.39 Å². The summed E-state index contributed by atoms with van der Waals surface area (Å²) in [5, 5.41) is 5.20. The van der Waals surface area contributed by atoms with E-state index in [9.17, 15) is 18.8 Å². The summed E-state index contributed by atoms with van der Waals surface area (Å²) in [6.07, 6.45) is 0.395. The molecule has 0 aliphatic rings. The van der Waals surface area contributed by atoms with Gasteiger partial charge in [0, 0.05) is 19.8 Å². The first-order valence-corrected chi connectivity index (χ1v) is 9.33. The van der Waals surface area contributed by atoms with E-state index in [1.807, 2.05) is 32.0 Å². The summed E-state index contributed by atoms with van der Waals surface area (Å²) in [5.74, 6) is -1.98. The van der Waals surface area contributed by atoms with Gasteiger partial charge < -0.3 is 16.4 Å². The molecule has 0 saturated carbocycles. The molecule has 0 radical (unpaired) electrons. The molecular weight excluding hydrogens is 373 g/mol. The third kappa shape index (κ3) is 6.71. The van der Waals surface area contributed by atoms with Crippen LogP contribution in [0.25, 0.3) is 0 Å². The van der Waals surface area contributed by atoms with Gasteiger partial charge in [0.1, 0.15) is 17.9 Å². The quantitative estimate of drug-likeness (QED) is 0.630. The van der Waals surface area contributed by atoms with Crippen molar-refractivity contribution in [2.75, 3.05) is 0 Å². The molecule has 0 spiro atoms. The number of hydrogen-bond acceptors (Lipinski definition) is 3. The molecule has 0 saturated heterocycles. The molecule has 3 amide bonds. The Morgan fingerprint density at radius 3 is 2.03 bits per heavy atom. The molecule has 2 rings (SSSR count). The van der Waals surface area contributed by atoms with E-state index in [1.54, 1.807) is 0 Å². The van der Waals surface area contributed by atoms with Crippen molar-refractivity contribution in [1.82, 2.24) is 10.6 Å². The highest BCUT2D eigenvalue weighted by Crippen LogP contribution is 2.12. The minimum Gasteiger partial charge on any atom is -0.368 e. The van der Waals surface area contributed by atoms with Gasteiger partial charge in [-0.3, -0.25) is 14.4 Å². The second-order valence-electron chi connectivity index (χ2n) is 7.17. The minimum atomic E-state index is -0.922. The van der Waals surface area contributed by atoms with Crippen LogP contribution >= 0.6 is 0 Å². The number of nitrogens with one attached hydrogen (secondary N) is 2. The number of carbonyl (C=O) groups is 3. The lowest BCUT2D eigenvalue weighted by Crippen LogP contribution is -2.54. The lowest BCUT2D eigenvalue weighted by molar-refractivity contribution is -0.130. The number of benzene rings is 2. The third-order valence-corrected chi connectivity index (χ3v) is 4.72. The fraction of sp³-hybridized carbons (Fsp3) is 0.318. The number of primary amides is 1. The number of nitrogens with two attached hydrogens (primary N) is 1. The van der Waals surface area contributed by atoms with E-state index in [2.05, 4.69) is 10.6 Å². The van der Waals surface area contributed by atoms with Crippen LogP contribution in [-0.2, 0) is 27.2 Å². The van der Waals surface area contributed by atoms with E-state index in [0.717, 1.165) is 16.7 Å². The van der Waals surface area contributed by atoms with Crippen LogP contribution in [0, 0.1) is 19.7 Å². The van der Waals surface area contributed by atoms with Gasteiger partial charge in [0.2, 0.25) is 17.7 Å². The van der Waals surface area contributed by atoms with Crippen LogP contribution in [0.15, 0.2) is 42.5 Å². The lowest BCUT2D eigenvalue weighted by atomic mass is 9.99. The number of hydrogen-bond donors (Lipinski definition) is 3. The third-order valence-electron chi connectivity index (χ3n) is 4.72. The van der Waals surface area contributed by atoms with Crippen molar-refractivity contribution in [3.05, 3.63) is 70.5 Å². The van der Waals surface area contributed by atoms with Crippen molar-refractivity contribution < 1.29 is 18.8 Å². The topological polar surface area (TPSA) is 101 Å². The number of amides is 3. The predicted octanol–water partition coefficient (Wildman–Crippen LogP) is 1.70. The van der Waals surface area contributed by atoms with Crippen molar-refractivity contribution in [3.63, 3.8) is 0 Å². The minimum absolute atomic E-state index is 0.154. The summed E-state index contributed by atoms with van der Waals surface area (Å²) in [6.45, 7) is 5.25. The summed E-state index contributed by atoms with van der Waals surface area (Å²) >= 11 is 0. The standard InChI is InChI=1S/C22H26FN3O3/c1-13-4-5-17(10-14(13)2)12-19(21(24)28)26-22(29)20(25-15(3)27)11-16-6-8-18(23)9-7-16/h4-10,19-20H,11-12H2,1-3H3,(H2,24,28)(H,25,27)(H,26,29)/t19-,20-/m0/s1. The average Bonchev–Trinajstić information content (AvgIpc) is 2.64. The number of aryl methyl sites for hydroxylation is 2. The Bertz CT molecular complexity index is 897. The first-order valence-electron chi connectivity index (χ1n) is 9.33. The molecule has 0 aromatic heterocycles. The van der Waals surface area contributed by atoms with Crippen LogP contribution in [0.5, 0.6) is 0 Å². The van der Waals surface area contributed by atoms with Gasteiger partial charge >= 0.3 is 0 Å². The normalized spacial score (nSPS) is 12.7. The maximum Gasteiger partial charge on any atom is 0.243 e. The summed E-state index contributed by atoms with van der Waals surface area (Å²) in [6, 6.07) is 9.58. The van der Waals surface area contributed by atoms with Crippen molar-refractivity contribution in [1.29, 1.82) is 0 Å². The second kappa shape index (κ2) is 9.82. The molecule has 154 valence electrons. The molecule has 4 N–H and O–H groups in total. The molecule has 6 nitrogen and oxygen atoms in total. The zero-order valence-electron chi connectivity index (χ0n) is 16.8. The van der Waals surface area contributed by atoms with Crippen molar-refractivity contribution in [2.45, 2.75) is 45.7 Å². The Morgan fingerprint density at radius 1 is 0.897 bits per heavy atom. The van der Waals surface area contributed by atoms with Crippen LogP contribution in [0.1, 0.15) is 29.2 Å². The number of rotatable bonds is 8. The number of carbonyl (C=O) groups excluding carboxylic acids is 3. The molecule has 29 heavy (non-hydrogen) atoms. The molecule has 0 aliphatic heterocycles.